The van der Waals surface area contributed by atoms with Crippen molar-refractivity contribution in [2.24, 2.45) is 0 Å². The van der Waals surface area contributed by atoms with Crippen LogP contribution >= 0.6 is 0 Å². The molecule has 0 saturated carbocycles. The highest BCUT2D eigenvalue weighted by atomic mass is 16.5. The van der Waals surface area contributed by atoms with Crippen molar-refractivity contribution in [3.8, 4) is 12.0 Å². The molecule has 2 heterocycles. The van der Waals surface area contributed by atoms with Gasteiger partial charge in [0.25, 0.3) is 5.91 Å². The van der Waals surface area contributed by atoms with Gasteiger partial charge < -0.3 is 19.4 Å². The maximum absolute atomic E-state index is 12.5. The lowest BCUT2D eigenvalue weighted by Gasteiger charge is -2.13. The van der Waals surface area contributed by atoms with Crippen molar-refractivity contribution in [3.63, 3.8) is 0 Å². The second-order valence-corrected chi connectivity index (χ2v) is 6.48. The number of nitrogens with one attached hydrogen (secondary N) is 1. The van der Waals surface area contributed by atoms with E-state index in [1.165, 1.54) is 0 Å². The van der Waals surface area contributed by atoms with Crippen LogP contribution in [-0.2, 0) is 9.53 Å². The molecule has 0 spiro atoms. The number of furan rings is 1. The normalized spacial score (nSPS) is 10.3. The smallest absolute Gasteiger partial charge is 0.343 e. The van der Waals surface area contributed by atoms with E-state index < -0.39 is 18.5 Å². The fourth-order valence-electron chi connectivity index (χ4n) is 2.77. The van der Waals surface area contributed by atoms with Crippen LogP contribution in [0.3, 0.4) is 0 Å². The van der Waals surface area contributed by atoms with Crippen molar-refractivity contribution in [2.75, 3.05) is 30.9 Å². The first kappa shape index (κ1) is 19.8. The van der Waals surface area contributed by atoms with E-state index in [1.807, 2.05) is 37.2 Å². The van der Waals surface area contributed by atoms with Crippen LogP contribution in [0.1, 0.15) is 21.7 Å². The number of rotatable bonds is 6. The molecule has 0 saturated heterocycles. The minimum absolute atomic E-state index is 0.0133. The Morgan fingerprint density at radius 3 is 2.45 bits per heavy atom. The maximum atomic E-state index is 12.5. The first-order valence-electron chi connectivity index (χ1n) is 8.82. The van der Waals surface area contributed by atoms with Crippen molar-refractivity contribution in [1.29, 1.82) is 5.26 Å². The number of aryl methyl sites for hydroxylation is 1. The van der Waals surface area contributed by atoms with E-state index in [4.69, 9.17) is 9.15 Å². The number of ether oxygens (including phenoxy) is 1. The lowest BCUT2D eigenvalue weighted by molar-refractivity contribution is -0.119. The van der Waals surface area contributed by atoms with Gasteiger partial charge in [0, 0.05) is 37.9 Å². The first-order valence-corrected chi connectivity index (χ1v) is 8.82. The Morgan fingerprint density at radius 1 is 1.21 bits per heavy atom. The van der Waals surface area contributed by atoms with Gasteiger partial charge in [-0.1, -0.05) is 0 Å². The fraction of sp³-hybridized carbons (Fsp3) is 0.190. The molecular weight excluding hydrogens is 372 g/mol. The number of anilines is 2. The number of hydrogen-bond donors (Lipinski definition) is 1. The Labute approximate surface area is 167 Å². The molecule has 0 radical (unpaired) electrons. The molecule has 0 aliphatic heterocycles. The van der Waals surface area contributed by atoms with Crippen molar-refractivity contribution in [3.05, 3.63) is 65.7 Å². The van der Waals surface area contributed by atoms with E-state index in [2.05, 4.69) is 5.32 Å². The highest BCUT2D eigenvalue weighted by molar-refractivity contribution is 5.97. The topological polar surface area (TPSA) is 100 Å². The van der Waals surface area contributed by atoms with E-state index in [-0.39, 0.29) is 22.8 Å². The third kappa shape index (κ3) is 4.30. The van der Waals surface area contributed by atoms with Crippen molar-refractivity contribution >= 4 is 23.3 Å². The van der Waals surface area contributed by atoms with E-state index in [1.54, 1.807) is 48.1 Å². The summed E-state index contributed by atoms with van der Waals surface area (Å²) in [5, 5.41) is 12.1. The van der Waals surface area contributed by atoms with Gasteiger partial charge in [0.15, 0.2) is 6.61 Å². The summed E-state index contributed by atoms with van der Waals surface area (Å²) in [5.74, 6) is -0.803. The molecule has 0 unspecified atom stereocenters. The van der Waals surface area contributed by atoms with Gasteiger partial charge >= 0.3 is 5.97 Å². The molecule has 148 valence electrons. The lowest BCUT2D eigenvalue weighted by atomic mass is 10.1. The number of esters is 1. The number of carbonyl (C=O) groups excluding carboxylic acids is 2. The molecule has 1 aromatic carbocycles. The SMILES string of the molecule is Cc1oc(-n2cccc2)c(C#N)c1C(=O)OCC(=O)Nc1ccc(N(C)C)cc1. The summed E-state index contributed by atoms with van der Waals surface area (Å²) in [7, 11) is 3.84. The van der Waals surface area contributed by atoms with Crippen LogP contribution in [0.2, 0.25) is 0 Å². The van der Waals surface area contributed by atoms with Gasteiger partial charge in [-0.2, -0.15) is 5.26 Å². The van der Waals surface area contributed by atoms with E-state index in [0.29, 0.717) is 5.69 Å². The minimum Gasteiger partial charge on any atom is -0.452 e. The molecule has 1 amide bonds. The monoisotopic (exact) mass is 392 g/mol. The Balaban J connectivity index is 1.66. The molecule has 0 bridgehead atoms. The van der Waals surface area contributed by atoms with Crippen LogP contribution < -0.4 is 10.2 Å². The summed E-state index contributed by atoms with van der Waals surface area (Å²) < 4.78 is 12.3. The molecule has 0 aliphatic carbocycles. The van der Waals surface area contributed by atoms with Gasteiger partial charge in [-0.25, -0.2) is 4.79 Å². The highest BCUT2D eigenvalue weighted by Gasteiger charge is 2.26. The second kappa shape index (κ2) is 8.35. The number of benzene rings is 1. The molecule has 2 aromatic heterocycles. The number of nitrogens with zero attached hydrogens (tertiary/aromatic N) is 3. The molecule has 8 nitrogen and oxygen atoms in total. The average molecular weight is 392 g/mol. The average Bonchev–Trinajstić information content (AvgIpc) is 3.33. The molecule has 0 aliphatic rings. The van der Waals surface area contributed by atoms with Crippen molar-refractivity contribution in [2.45, 2.75) is 6.92 Å². The summed E-state index contributed by atoms with van der Waals surface area (Å²) >= 11 is 0. The summed E-state index contributed by atoms with van der Waals surface area (Å²) in [5.41, 5.74) is 1.65. The predicted molar refractivity (Wildman–Crippen MR) is 107 cm³/mol. The maximum Gasteiger partial charge on any atom is 0.343 e. The molecule has 8 heteroatoms. The van der Waals surface area contributed by atoms with Crippen LogP contribution in [0.5, 0.6) is 0 Å². The zero-order valence-electron chi connectivity index (χ0n) is 16.3. The van der Waals surface area contributed by atoms with Gasteiger partial charge in [-0.3, -0.25) is 9.36 Å². The third-order valence-corrected chi connectivity index (χ3v) is 4.22. The van der Waals surface area contributed by atoms with Crippen LogP contribution in [0.4, 0.5) is 11.4 Å². The zero-order valence-corrected chi connectivity index (χ0v) is 16.3. The summed E-state index contributed by atoms with van der Waals surface area (Å²) in [6.07, 6.45) is 3.40. The third-order valence-electron chi connectivity index (χ3n) is 4.22. The molecule has 29 heavy (non-hydrogen) atoms. The predicted octanol–water partition coefficient (Wildman–Crippen LogP) is 3.11. The van der Waals surface area contributed by atoms with Gasteiger partial charge in [-0.15, -0.1) is 0 Å². The standard InChI is InChI=1S/C21H20N4O4/c1-14-19(17(12-22)20(29-14)25-10-4-5-11-25)21(27)28-13-18(26)23-15-6-8-16(9-7-15)24(2)3/h4-11H,13H2,1-3H3,(H,23,26). The highest BCUT2D eigenvalue weighted by Crippen LogP contribution is 2.26. The largest absolute Gasteiger partial charge is 0.452 e. The van der Waals surface area contributed by atoms with E-state index in [9.17, 15) is 14.9 Å². The number of carbonyl (C=O) groups is 2. The van der Waals surface area contributed by atoms with Gasteiger partial charge in [0.2, 0.25) is 5.88 Å². The van der Waals surface area contributed by atoms with Crippen LogP contribution in [0.25, 0.3) is 5.88 Å². The first-order chi connectivity index (χ1) is 13.9. The van der Waals surface area contributed by atoms with Crippen LogP contribution in [0, 0.1) is 18.3 Å². The summed E-state index contributed by atoms with van der Waals surface area (Å²) in [4.78, 5) is 26.5. The fourth-order valence-corrected chi connectivity index (χ4v) is 2.77. The second-order valence-electron chi connectivity index (χ2n) is 6.48. The Morgan fingerprint density at radius 2 is 1.86 bits per heavy atom. The lowest BCUT2D eigenvalue weighted by Crippen LogP contribution is -2.21. The Bertz CT molecular complexity index is 1060. The molecule has 0 fully saturated rings. The number of nitriles is 1. The van der Waals surface area contributed by atoms with E-state index >= 15 is 0 Å². The van der Waals surface area contributed by atoms with E-state index in [0.717, 1.165) is 5.69 Å². The van der Waals surface area contributed by atoms with Gasteiger partial charge in [0.1, 0.15) is 23.0 Å². The van der Waals surface area contributed by atoms with Crippen LogP contribution in [0.15, 0.2) is 53.2 Å². The minimum atomic E-state index is -0.792. The van der Waals surface area contributed by atoms with Gasteiger partial charge in [-0.05, 0) is 43.3 Å². The van der Waals surface area contributed by atoms with Crippen molar-refractivity contribution < 1.29 is 18.7 Å². The molecule has 3 rings (SSSR count). The number of aromatic nitrogens is 1. The Hall–Kier alpha value is -3.99. The van der Waals surface area contributed by atoms with Crippen molar-refractivity contribution in [1.82, 2.24) is 4.57 Å². The van der Waals surface area contributed by atoms with Gasteiger partial charge in [0.05, 0.1) is 0 Å². The number of hydrogen-bond acceptors (Lipinski definition) is 6. The summed E-state index contributed by atoms with van der Waals surface area (Å²) in [6, 6.07) is 12.7. The Kier molecular flexibility index (Phi) is 5.69. The molecular formula is C21H20N4O4. The molecule has 1 N–H and O–H groups in total. The molecule has 0 atom stereocenters. The van der Waals surface area contributed by atoms with Crippen LogP contribution in [-0.4, -0.2) is 37.1 Å². The molecule has 3 aromatic rings. The quantitative estimate of drug-likeness (QED) is 0.647. The summed E-state index contributed by atoms with van der Waals surface area (Å²) in [6.45, 7) is 1.08. The zero-order chi connectivity index (χ0) is 21.0. The number of amides is 1.